The molecule has 0 bridgehead atoms. The number of carbonyl (C=O) groups excluding carboxylic acids is 1. The average molecular weight is 279 g/mol. The Kier molecular flexibility index (Phi) is 3.39. The van der Waals surface area contributed by atoms with Gasteiger partial charge in [0.1, 0.15) is 16.4 Å². The Labute approximate surface area is 111 Å². The molecule has 2 aromatic rings. The number of anilines is 1. The van der Waals surface area contributed by atoms with Crippen LogP contribution >= 0.6 is 11.3 Å². The number of amides is 1. The second-order valence-corrected chi connectivity index (χ2v) is 4.71. The summed E-state index contributed by atoms with van der Waals surface area (Å²) in [6.07, 6.45) is 0. The van der Waals surface area contributed by atoms with Crippen molar-refractivity contribution in [2.75, 3.05) is 5.32 Å². The summed E-state index contributed by atoms with van der Waals surface area (Å²) in [5, 5.41) is 30.3. The first-order chi connectivity index (χ1) is 8.97. The lowest BCUT2D eigenvalue weighted by molar-refractivity contribution is 0.0702. The van der Waals surface area contributed by atoms with E-state index in [1.165, 1.54) is 24.3 Å². The zero-order chi connectivity index (χ0) is 14.0. The molecule has 0 saturated carbocycles. The predicted molar refractivity (Wildman–Crippen MR) is 69.0 cm³/mol. The maximum atomic E-state index is 11.8. The number of aromatic carboxylic acids is 1. The zero-order valence-corrected chi connectivity index (χ0v) is 10.3. The third-order valence-electron chi connectivity index (χ3n) is 2.28. The van der Waals surface area contributed by atoms with Gasteiger partial charge in [-0.3, -0.25) is 4.79 Å². The number of thiophene rings is 1. The van der Waals surface area contributed by atoms with Gasteiger partial charge in [-0.25, -0.2) is 4.79 Å². The van der Waals surface area contributed by atoms with Gasteiger partial charge in [0.25, 0.3) is 5.91 Å². The normalized spacial score (nSPS) is 10.1. The lowest BCUT2D eigenvalue weighted by Crippen LogP contribution is -2.10. The van der Waals surface area contributed by atoms with Gasteiger partial charge in [0.15, 0.2) is 0 Å². The van der Waals surface area contributed by atoms with Gasteiger partial charge < -0.3 is 20.6 Å². The third kappa shape index (κ3) is 2.83. The molecule has 0 unspecified atom stereocenters. The molecular formula is C12H9NO5S. The number of carbonyl (C=O) groups is 2. The highest BCUT2D eigenvalue weighted by atomic mass is 32.1. The van der Waals surface area contributed by atoms with Crippen LogP contribution < -0.4 is 5.32 Å². The number of benzene rings is 1. The molecule has 19 heavy (non-hydrogen) atoms. The number of phenolic OH excluding ortho intramolecular Hbond substituents is 2. The van der Waals surface area contributed by atoms with Gasteiger partial charge in [0.05, 0.1) is 10.6 Å². The fourth-order valence-corrected chi connectivity index (χ4v) is 2.15. The smallest absolute Gasteiger partial charge is 0.345 e. The number of phenols is 2. The van der Waals surface area contributed by atoms with Crippen molar-refractivity contribution >= 4 is 28.2 Å². The summed E-state index contributed by atoms with van der Waals surface area (Å²) >= 11 is 0.898. The summed E-state index contributed by atoms with van der Waals surface area (Å²) in [6, 6.07) is 6.38. The SMILES string of the molecule is O=C(O)c1ccc(NC(=O)c2cc(O)ccc2O)s1. The summed E-state index contributed by atoms with van der Waals surface area (Å²) in [6.45, 7) is 0. The van der Waals surface area contributed by atoms with E-state index < -0.39 is 11.9 Å². The molecule has 98 valence electrons. The predicted octanol–water partition coefficient (Wildman–Crippen LogP) is 2.11. The Hall–Kier alpha value is -2.54. The van der Waals surface area contributed by atoms with Crippen molar-refractivity contribution in [2.45, 2.75) is 0 Å². The highest BCUT2D eigenvalue weighted by Crippen LogP contribution is 2.26. The van der Waals surface area contributed by atoms with Crippen LogP contribution in [0, 0.1) is 0 Å². The van der Waals surface area contributed by atoms with E-state index >= 15 is 0 Å². The molecule has 0 aliphatic heterocycles. The third-order valence-corrected chi connectivity index (χ3v) is 3.27. The standard InChI is InChI=1S/C12H9NO5S/c14-6-1-2-8(15)7(5-6)11(16)13-10-4-3-9(19-10)12(17)18/h1-5,14-15H,(H,13,16)(H,17,18). The van der Waals surface area contributed by atoms with Crippen molar-refractivity contribution in [2.24, 2.45) is 0 Å². The van der Waals surface area contributed by atoms with Crippen LogP contribution in [0.4, 0.5) is 5.00 Å². The molecule has 4 N–H and O–H groups in total. The highest BCUT2D eigenvalue weighted by molar-refractivity contribution is 7.18. The van der Waals surface area contributed by atoms with Crippen LogP contribution in [0.25, 0.3) is 0 Å². The highest BCUT2D eigenvalue weighted by Gasteiger charge is 2.14. The van der Waals surface area contributed by atoms with E-state index in [9.17, 15) is 19.8 Å². The molecule has 0 saturated heterocycles. The fourth-order valence-electron chi connectivity index (χ4n) is 1.41. The van der Waals surface area contributed by atoms with Crippen molar-refractivity contribution in [1.82, 2.24) is 0 Å². The molecule has 6 nitrogen and oxygen atoms in total. The van der Waals surface area contributed by atoms with Crippen LogP contribution in [0.1, 0.15) is 20.0 Å². The second kappa shape index (κ2) is 4.99. The van der Waals surface area contributed by atoms with Crippen LogP contribution in [0.3, 0.4) is 0 Å². The Balaban J connectivity index is 2.20. The van der Waals surface area contributed by atoms with Crippen LogP contribution in [0.5, 0.6) is 11.5 Å². The molecule has 1 amide bonds. The summed E-state index contributed by atoms with van der Waals surface area (Å²) in [4.78, 5) is 22.6. The number of rotatable bonds is 3. The number of hydrogen-bond acceptors (Lipinski definition) is 5. The van der Waals surface area contributed by atoms with Gasteiger partial charge in [-0.15, -0.1) is 11.3 Å². The van der Waals surface area contributed by atoms with Gasteiger partial charge in [0, 0.05) is 0 Å². The first-order valence-electron chi connectivity index (χ1n) is 5.14. The van der Waals surface area contributed by atoms with E-state index in [-0.39, 0.29) is 21.9 Å². The number of hydrogen-bond donors (Lipinski definition) is 4. The van der Waals surface area contributed by atoms with E-state index in [0.29, 0.717) is 5.00 Å². The van der Waals surface area contributed by atoms with Gasteiger partial charge in [-0.05, 0) is 30.3 Å². The molecule has 1 heterocycles. The quantitative estimate of drug-likeness (QED) is 0.644. The average Bonchev–Trinajstić information content (AvgIpc) is 2.80. The maximum Gasteiger partial charge on any atom is 0.345 e. The number of carboxylic acids is 1. The molecule has 0 aliphatic rings. The largest absolute Gasteiger partial charge is 0.508 e. The van der Waals surface area contributed by atoms with Crippen molar-refractivity contribution in [3.05, 3.63) is 40.8 Å². The Morgan fingerprint density at radius 3 is 2.47 bits per heavy atom. The Bertz CT molecular complexity index is 649. The summed E-state index contributed by atoms with van der Waals surface area (Å²) < 4.78 is 0. The lowest BCUT2D eigenvalue weighted by atomic mass is 10.2. The van der Waals surface area contributed by atoms with Gasteiger partial charge >= 0.3 is 5.97 Å². The minimum absolute atomic E-state index is 0.0923. The van der Waals surface area contributed by atoms with Crippen molar-refractivity contribution in [3.63, 3.8) is 0 Å². The lowest BCUT2D eigenvalue weighted by Gasteiger charge is -2.05. The van der Waals surface area contributed by atoms with Crippen LogP contribution in [-0.2, 0) is 0 Å². The van der Waals surface area contributed by atoms with Gasteiger partial charge in [-0.1, -0.05) is 0 Å². The minimum Gasteiger partial charge on any atom is -0.508 e. The molecule has 0 fully saturated rings. The maximum absolute atomic E-state index is 11.8. The van der Waals surface area contributed by atoms with E-state index in [4.69, 9.17) is 5.11 Å². The number of nitrogens with one attached hydrogen (secondary N) is 1. The summed E-state index contributed by atoms with van der Waals surface area (Å²) in [5.74, 6) is -2.14. The van der Waals surface area contributed by atoms with E-state index in [2.05, 4.69) is 5.32 Å². The van der Waals surface area contributed by atoms with Crippen LogP contribution in [-0.4, -0.2) is 27.2 Å². The van der Waals surface area contributed by atoms with E-state index in [0.717, 1.165) is 17.4 Å². The molecule has 7 heteroatoms. The van der Waals surface area contributed by atoms with Gasteiger partial charge in [0.2, 0.25) is 0 Å². The first-order valence-corrected chi connectivity index (χ1v) is 5.95. The van der Waals surface area contributed by atoms with Crippen molar-refractivity contribution in [1.29, 1.82) is 0 Å². The zero-order valence-electron chi connectivity index (χ0n) is 9.45. The summed E-state index contributed by atoms with van der Waals surface area (Å²) in [5.41, 5.74) is -0.0923. The monoisotopic (exact) mass is 279 g/mol. The summed E-state index contributed by atoms with van der Waals surface area (Å²) in [7, 11) is 0. The van der Waals surface area contributed by atoms with Gasteiger partial charge in [-0.2, -0.15) is 0 Å². The molecule has 2 rings (SSSR count). The number of carboxylic acid groups (broad SMARTS) is 1. The molecule has 0 radical (unpaired) electrons. The fraction of sp³-hybridized carbons (Fsp3) is 0. The van der Waals surface area contributed by atoms with Crippen molar-refractivity contribution in [3.8, 4) is 11.5 Å². The molecular weight excluding hydrogens is 270 g/mol. The Morgan fingerprint density at radius 1 is 1.11 bits per heavy atom. The second-order valence-electron chi connectivity index (χ2n) is 3.62. The molecule has 1 aromatic heterocycles. The van der Waals surface area contributed by atoms with E-state index in [1.807, 2.05) is 0 Å². The first kappa shape index (κ1) is 12.9. The van der Waals surface area contributed by atoms with E-state index in [1.54, 1.807) is 0 Å². The Morgan fingerprint density at radius 2 is 1.84 bits per heavy atom. The molecule has 1 aromatic carbocycles. The number of aromatic hydroxyl groups is 2. The topological polar surface area (TPSA) is 107 Å². The van der Waals surface area contributed by atoms with Crippen LogP contribution in [0.2, 0.25) is 0 Å². The molecule has 0 atom stereocenters. The van der Waals surface area contributed by atoms with Crippen molar-refractivity contribution < 1.29 is 24.9 Å². The van der Waals surface area contributed by atoms with Crippen LogP contribution in [0.15, 0.2) is 30.3 Å². The molecule has 0 spiro atoms. The minimum atomic E-state index is -1.08. The molecule has 0 aliphatic carbocycles.